The molecule has 0 aromatic heterocycles. The van der Waals surface area contributed by atoms with E-state index in [9.17, 15) is 9.59 Å². The van der Waals surface area contributed by atoms with Crippen molar-refractivity contribution in [3.8, 4) is 11.5 Å². The molecule has 0 unspecified atom stereocenters. The minimum absolute atomic E-state index is 0.169. The standard InChI is InChI=1S/C34H35NO4/c1-3-19-35-26-13-7-15-28(36)33(26)32(34-27(35)14-8-16-29(34)37)23-17-18-30(31(20-23)38-2)39-21-24-11-6-10-22-9-4-5-12-25(22)24/h4-6,9-12,17-18,20,32H,3,7-8,13-16,19,21H2,1-2H3. The topological polar surface area (TPSA) is 55.8 Å². The molecule has 0 atom stereocenters. The lowest BCUT2D eigenvalue weighted by atomic mass is 9.71. The number of hydrogen-bond donors (Lipinski definition) is 0. The Morgan fingerprint density at radius 2 is 1.51 bits per heavy atom. The Kier molecular flexibility index (Phi) is 6.99. The van der Waals surface area contributed by atoms with Crippen LogP contribution in [-0.4, -0.2) is 30.1 Å². The molecule has 0 fully saturated rings. The van der Waals surface area contributed by atoms with Crippen LogP contribution in [0.4, 0.5) is 0 Å². The highest BCUT2D eigenvalue weighted by molar-refractivity contribution is 6.06. The van der Waals surface area contributed by atoms with Crippen molar-refractivity contribution in [1.82, 2.24) is 4.90 Å². The molecule has 3 aliphatic rings. The SMILES string of the molecule is CCCN1C2=C(C(=O)CCC2)C(c2ccc(OCc3cccc4ccccc34)c(OC)c2)C2=C1CCCC2=O. The van der Waals surface area contributed by atoms with Crippen LogP contribution < -0.4 is 9.47 Å². The van der Waals surface area contributed by atoms with Gasteiger partial charge in [0.2, 0.25) is 0 Å². The summed E-state index contributed by atoms with van der Waals surface area (Å²) in [6.45, 7) is 3.41. The highest BCUT2D eigenvalue weighted by Crippen LogP contribution is 2.50. The number of nitrogens with zero attached hydrogens (tertiary/aromatic N) is 1. The van der Waals surface area contributed by atoms with Crippen LogP contribution in [0.5, 0.6) is 11.5 Å². The molecule has 39 heavy (non-hydrogen) atoms. The van der Waals surface area contributed by atoms with E-state index in [4.69, 9.17) is 9.47 Å². The predicted octanol–water partition coefficient (Wildman–Crippen LogP) is 7.25. The first-order valence-corrected chi connectivity index (χ1v) is 14.2. The summed E-state index contributed by atoms with van der Waals surface area (Å²) in [6.07, 6.45) is 5.54. The summed E-state index contributed by atoms with van der Waals surface area (Å²) in [4.78, 5) is 29.2. The fraction of sp³-hybridized carbons (Fsp3) is 0.353. The quantitative estimate of drug-likeness (QED) is 0.328. The number of allylic oxidation sites excluding steroid dienone is 4. The molecule has 3 aromatic carbocycles. The number of carbonyl (C=O) groups is 2. The minimum atomic E-state index is -0.343. The van der Waals surface area contributed by atoms with E-state index in [1.807, 2.05) is 36.4 Å². The predicted molar refractivity (Wildman–Crippen MR) is 153 cm³/mol. The van der Waals surface area contributed by atoms with Gasteiger partial charge in [0.05, 0.1) is 7.11 Å². The lowest BCUT2D eigenvalue weighted by Crippen LogP contribution is -2.39. The maximum Gasteiger partial charge on any atom is 0.161 e. The van der Waals surface area contributed by atoms with Gasteiger partial charge in [-0.15, -0.1) is 0 Å². The average molecular weight is 522 g/mol. The van der Waals surface area contributed by atoms with E-state index < -0.39 is 0 Å². The van der Waals surface area contributed by atoms with Crippen LogP contribution >= 0.6 is 0 Å². The molecule has 5 heteroatoms. The summed E-state index contributed by atoms with van der Waals surface area (Å²) in [6, 6.07) is 20.4. The number of rotatable bonds is 7. The Balaban J connectivity index is 1.39. The Hall–Kier alpha value is -3.86. The summed E-state index contributed by atoms with van der Waals surface area (Å²) >= 11 is 0. The van der Waals surface area contributed by atoms with Crippen LogP contribution in [0.1, 0.15) is 68.9 Å². The third kappa shape index (κ3) is 4.54. The van der Waals surface area contributed by atoms with Gasteiger partial charge in [0.15, 0.2) is 23.1 Å². The van der Waals surface area contributed by atoms with Crippen molar-refractivity contribution in [3.63, 3.8) is 0 Å². The lowest BCUT2D eigenvalue weighted by molar-refractivity contribution is -0.117. The van der Waals surface area contributed by atoms with Crippen molar-refractivity contribution in [2.24, 2.45) is 0 Å². The second-order valence-electron chi connectivity index (χ2n) is 10.7. The van der Waals surface area contributed by atoms with E-state index in [-0.39, 0.29) is 17.5 Å². The molecule has 0 saturated carbocycles. The summed E-state index contributed by atoms with van der Waals surface area (Å²) in [7, 11) is 1.64. The van der Waals surface area contributed by atoms with E-state index in [0.29, 0.717) is 30.9 Å². The molecular formula is C34H35NO4. The van der Waals surface area contributed by atoms with Crippen LogP contribution in [0.15, 0.2) is 83.2 Å². The average Bonchev–Trinajstić information content (AvgIpc) is 2.96. The van der Waals surface area contributed by atoms with Crippen molar-refractivity contribution in [1.29, 1.82) is 0 Å². The molecule has 0 N–H and O–H groups in total. The summed E-state index contributed by atoms with van der Waals surface area (Å²) < 4.78 is 12.1. The molecule has 3 aromatic rings. The molecule has 6 rings (SSSR count). The van der Waals surface area contributed by atoms with E-state index in [1.54, 1.807) is 7.11 Å². The normalized spacial score (nSPS) is 17.9. The Bertz CT molecular complexity index is 1470. The highest BCUT2D eigenvalue weighted by Gasteiger charge is 2.43. The van der Waals surface area contributed by atoms with E-state index in [2.05, 4.69) is 36.1 Å². The summed E-state index contributed by atoms with van der Waals surface area (Å²) in [5.74, 6) is 1.25. The number of ketones is 2. The third-order valence-electron chi connectivity index (χ3n) is 8.32. The zero-order valence-corrected chi connectivity index (χ0v) is 22.8. The number of methoxy groups -OCH3 is 1. The fourth-order valence-electron chi connectivity index (χ4n) is 6.60. The molecule has 1 heterocycles. The van der Waals surface area contributed by atoms with Crippen molar-refractivity contribution in [2.75, 3.05) is 13.7 Å². The number of carbonyl (C=O) groups excluding carboxylic acids is 2. The maximum absolute atomic E-state index is 13.5. The second-order valence-corrected chi connectivity index (χ2v) is 10.7. The lowest BCUT2D eigenvalue weighted by Gasteiger charge is -2.44. The maximum atomic E-state index is 13.5. The van der Waals surface area contributed by atoms with Gasteiger partial charge in [-0.3, -0.25) is 9.59 Å². The van der Waals surface area contributed by atoms with Gasteiger partial charge < -0.3 is 14.4 Å². The largest absolute Gasteiger partial charge is 0.493 e. The van der Waals surface area contributed by atoms with Crippen molar-refractivity contribution in [2.45, 2.75) is 64.4 Å². The molecule has 0 saturated heterocycles. The number of ether oxygens (including phenoxy) is 2. The van der Waals surface area contributed by atoms with Crippen LogP contribution in [0.2, 0.25) is 0 Å². The van der Waals surface area contributed by atoms with Crippen LogP contribution in [0.25, 0.3) is 10.8 Å². The molecule has 0 spiro atoms. The van der Waals surface area contributed by atoms with E-state index in [1.165, 1.54) is 10.8 Å². The molecule has 0 bridgehead atoms. The molecule has 2 aliphatic carbocycles. The van der Waals surface area contributed by atoms with E-state index in [0.717, 1.165) is 72.3 Å². The number of Topliss-reactive ketones (excluding diaryl/α,β-unsaturated/α-hetero) is 2. The smallest absolute Gasteiger partial charge is 0.161 e. The molecule has 1 aliphatic heterocycles. The Morgan fingerprint density at radius 3 is 2.21 bits per heavy atom. The van der Waals surface area contributed by atoms with Gasteiger partial charge in [0.1, 0.15) is 6.61 Å². The van der Waals surface area contributed by atoms with Gasteiger partial charge in [-0.1, -0.05) is 55.5 Å². The van der Waals surface area contributed by atoms with Gasteiger partial charge >= 0.3 is 0 Å². The first-order valence-electron chi connectivity index (χ1n) is 14.2. The van der Waals surface area contributed by atoms with Crippen LogP contribution in [0, 0.1) is 0 Å². The minimum Gasteiger partial charge on any atom is -0.493 e. The molecule has 0 amide bonds. The van der Waals surface area contributed by atoms with Crippen molar-refractivity contribution in [3.05, 3.63) is 94.3 Å². The highest BCUT2D eigenvalue weighted by atomic mass is 16.5. The second kappa shape index (κ2) is 10.7. The van der Waals surface area contributed by atoms with Gasteiger partial charge in [-0.05, 0) is 66.1 Å². The first kappa shape index (κ1) is 25.4. The molecule has 5 nitrogen and oxygen atoms in total. The van der Waals surface area contributed by atoms with Crippen LogP contribution in [-0.2, 0) is 16.2 Å². The van der Waals surface area contributed by atoms with Gasteiger partial charge in [0, 0.05) is 47.8 Å². The summed E-state index contributed by atoms with van der Waals surface area (Å²) in [5.41, 5.74) is 5.91. The zero-order chi connectivity index (χ0) is 26.9. The zero-order valence-electron chi connectivity index (χ0n) is 22.8. The van der Waals surface area contributed by atoms with Crippen molar-refractivity contribution >= 4 is 22.3 Å². The fourth-order valence-corrected chi connectivity index (χ4v) is 6.60. The number of hydrogen-bond acceptors (Lipinski definition) is 5. The number of fused-ring (bicyclic) bond motifs is 1. The molecular weight excluding hydrogens is 486 g/mol. The Labute approximate surface area is 230 Å². The summed E-state index contributed by atoms with van der Waals surface area (Å²) in [5, 5.41) is 2.35. The first-order chi connectivity index (χ1) is 19.1. The van der Waals surface area contributed by atoms with Crippen LogP contribution in [0.3, 0.4) is 0 Å². The Morgan fingerprint density at radius 1 is 0.821 bits per heavy atom. The molecule has 0 radical (unpaired) electrons. The molecule has 200 valence electrons. The monoisotopic (exact) mass is 521 g/mol. The van der Waals surface area contributed by atoms with Gasteiger partial charge in [-0.25, -0.2) is 0 Å². The van der Waals surface area contributed by atoms with Gasteiger partial charge in [0.25, 0.3) is 0 Å². The van der Waals surface area contributed by atoms with Gasteiger partial charge in [-0.2, -0.15) is 0 Å². The van der Waals surface area contributed by atoms with Crippen molar-refractivity contribution < 1.29 is 19.1 Å². The van der Waals surface area contributed by atoms with E-state index >= 15 is 0 Å². The number of benzene rings is 3. The third-order valence-corrected chi connectivity index (χ3v) is 8.32.